The van der Waals surface area contributed by atoms with Gasteiger partial charge in [-0.2, -0.15) is 0 Å². The van der Waals surface area contributed by atoms with Gasteiger partial charge in [0.15, 0.2) is 0 Å². The minimum Gasteiger partial charge on any atom is -0.393 e. The second-order valence-electron chi connectivity index (χ2n) is 5.01. The second-order valence-corrected chi connectivity index (χ2v) is 5.90. The van der Waals surface area contributed by atoms with E-state index in [-0.39, 0.29) is 16.0 Å². The second kappa shape index (κ2) is 5.77. The molecule has 0 saturated heterocycles. The zero-order valence-electron chi connectivity index (χ0n) is 10.4. The van der Waals surface area contributed by atoms with Crippen molar-refractivity contribution in [3.8, 4) is 0 Å². The Morgan fingerprint density at radius 1 is 1.61 bits per heavy atom. The first-order valence-corrected chi connectivity index (χ1v) is 7.02. The van der Waals surface area contributed by atoms with Gasteiger partial charge in [-0.25, -0.2) is 0 Å². The van der Waals surface area contributed by atoms with Crippen LogP contribution >= 0.6 is 11.3 Å². The average Bonchev–Trinajstić information content (AvgIpc) is 2.89. The molecule has 1 saturated carbocycles. The lowest BCUT2D eigenvalue weighted by Crippen LogP contribution is -2.29. The highest BCUT2D eigenvalue weighted by Gasteiger charge is 2.26. The third-order valence-corrected chi connectivity index (χ3v) is 4.37. The fraction of sp³-hybridized carbons (Fsp3) is 0.667. The maximum atomic E-state index is 10.6. The Morgan fingerprint density at radius 2 is 2.39 bits per heavy atom. The summed E-state index contributed by atoms with van der Waals surface area (Å²) in [6.07, 6.45) is 2.91. The van der Waals surface area contributed by atoms with Crippen LogP contribution in [-0.4, -0.2) is 34.6 Å². The predicted octanol–water partition coefficient (Wildman–Crippen LogP) is 2.25. The Balaban J connectivity index is 1.86. The molecule has 100 valence electrons. The van der Waals surface area contributed by atoms with Crippen molar-refractivity contribution in [2.24, 2.45) is 5.92 Å². The standard InChI is InChI=1S/C12H18N2O3S/c1-13(7-10-3-2-4-11(10)15)6-9-5-12(14(16)17)18-8-9/h5,8,10-11,15H,2-4,6-7H2,1H3. The smallest absolute Gasteiger partial charge is 0.324 e. The van der Waals surface area contributed by atoms with Gasteiger partial charge in [0.05, 0.1) is 11.0 Å². The molecule has 2 atom stereocenters. The number of aliphatic hydroxyl groups is 1. The van der Waals surface area contributed by atoms with Gasteiger partial charge in [0.1, 0.15) is 0 Å². The molecule has 1 heterocycles. The number of aliphatic hydroxyl groups excluding tert-OH is 1. The lowest BCUT2D eigenvalue weighted by atomic mass is 10.1. The number of hydrogen-bond donors (Lipinski definition) is 1. The molecular weight excluding hydrogens is 252 g/mol. The fourth-order valence-corrected chi connectivity index (χ4v) is 3.27. The summed E-state index contributed by atoms with van der Waals surface area (Å²) < 4.78 is 0. The number of nitrogens with zero attached hydrogens (tertiary/aromatic N) is 2. The largest absolute Gasteiger partial charge is 0.393 e. The molecule has 18 heavy (non-hydrogen) atoms. The zero-order valence-corrected chi connectivity index (χ0v) is 11.2. The van der Waals surface area contributed by atoms with Crippen LogP contribution < -0.4 is 0 Å². The molecule has 6 heteroatoms. The van der Waals surface area contributed by atoms with Gasteiger partial charge in [-0.05, 0) is 31.4 Å². The maximum Gasteiger partial charge on any atom is 0.324 e. The Labute approximate surface area is 110 Å². The van der Waals surface area contributed by atoms with Crippen LogP contribution in [0, 0.1) is 16.0 Å². The van der Waals surface area contributed by atoms with Gasteiger partial charge >= 0.3 is 5.00 Å². The highest BCUT2D eigenvalue weighted by atomic mass is 32.1. The molecule has 0 radical (unpaired) electrons. The van der Waals surface area contributed by atoms with Crippen molar-refractivity contribution in [1.29, 1.82) is 0 Å². The van der Waals surface area contributed by atoms with E-state index in [1.807, 2.05) is 12.4 Å². The van der Waals surface area contributed by atoms with Gasteiger partial charge in [0, 0.05) is 24.5 Å². The molecule has 1 fully saturated rings. The van der Waals surface area contributed by atoms with Crippen LogP contribution in [-0.2, 0) is 6.54 Å². The SMILES string of the molecule is CN(Cc1csc([N+](=O)[O-])c1)CC1CCCC1O. The minimum absolute atomic E-state index is 0.177. The molecule has 0 bridgehead atoms. The van der Waals surface area contributed by atoms with E-state index < -0.39 is 0 Å². The molecule has 0 aromatic carbocycles. The van der Waals surface area contributed by atoms with Gasteiger partial charge in [-0.3, -0.25) is 10.1 Å². The zero-order chi connectivity index (χ0) is 13.1. The Morgan fingerprint density at radius 3 is 2.94 bits per heavy atom. The van der Waals surface area contributed by atoms with Crippen molar-refractivity contribution in [3.63, 3.8) is 0 Å². The van der Waals surface area contributed by atoms with Crippen LogP contribution in [0.2, 0.25) is 0 Å². The first kappa shape index (κ1) is 13.5. The molecule has 0 amide bonds. The fourth-order valence-electron chi connectivity index (χ4n) is 2.55. The minimum atomic E-state index is -0.352. The topological polar surface area (TPSA) is 66.6 Å². The molecular formula is C12H18N2O3S. The molecule has 1 aliphatic rings. The van der Waals surface area contributed by atoms with Gasteiger partial charge in [-0.1, -0.05) is 17.8 Å². The summed E-state index contributed by atoms with van der Waals surface area (Å²) in [7, 11) is 1.99. The van der Waals surface area contributed by atoms with Crippen molar-refractivity contribution in [3.05, 3.63) is 27.1 Å². The van der Waals surface area contributed by atoms with Crippen molar-refractivity contribution in [2.45, 2.75) is 31.9 Å². The Bertz CT molecular complexity index is 421. The summed E-state index contributed by atoms with van der Waals surface area (Å²) in [4.78, 5) is 12.4. The number of thiophene rings is 1. The molecule has 0 spiro atoms. The van der Waals surface area contributed by atoms with Crippen molar-refractivity contribution >= 4 is 16.3 Å². The first-order valence-electron chi connectivity index (χ1n) is 6.14. The molecule has 1 aliphatic carbocycles. The monoisotopic (exact) mass is 270 g/mol. The summed E-state index contributed by atoms with van der Waals surface area (Å²) in [5, 5.41) is 22.4. The van der Waals surface area contributed by atoms with Crippen LogP contribution in [0.3, 0.4) is 0 Å². The van der Waals surface area contributed by atoms with E-state index >= 15 is 0 Å². The number of hydrogen-bond acceptors (Lipinski definition) is 5. The molecule has 1 N–H and O–H groups in total. The molecule has 0 aliphatic heterocycles. The normalized spacial score (nSPS) is 23.7. The van der Waals surface area contributed by atoms with E-state index in [0.29, 0.717) is 12.5 Å². The summed E-state index contributed by atoms with van der Waals surface area (Å²) in [6.45, 7) is 1.55. The maximum absolute atomic E-state index is 10.6. The van der Waals surface area contributed by atoms with E-state index in [2.05, 4.69) is 4.90 Å². The van der Waals surface area contributed by atoms with Crippen LogP contribution in [0.5, 0.6) is 0 Å². The average molecular weight is 270 g/mol. The van der Waals surface area contributed by atoms with Gasteiger partial charge in [-0.15, -0.1) is 0 Å². The number of rotatable bonds is 5. The molecule has 5 nitrogen and oxygen atoms in total. The van der Waals surface area contributed by atoms with E-state index in [9.17, 15) is 15.2 Å². The van der Waals surface area contributed by atoms with Gasteiger partial charge in [0.25, 0.3) is 0 Å². The van der Waals surface area contributed by atoms with E-state index in [0.717, 1.165) is 31.4 Å². The summed E-state index contributed by atoms with van der Waals surface area (Å²) in [6, 6.07) is 1.63. The van der Waals surface area contributed by atoms with Crippen LogP contribution in [0.1, 0.15) is 24.8 Å². The Kier molecular flexibility index (Phi) is 4.31. The van der Waals surface area contributed by atoms with Crippen molar-refractivity contribution in [1.82, 2.24) is 4.90 Å². The van der Waals surface area contributed by atoms with Gasteiger partial charge in [0.2, 0.25) is 0 Å². The third-order valence-electron chi connectivity index (χ3n) is 3.44. The van der Waals surface area contributed by atoms with Crippen LogP contribution in [0.4, 0.5) is 5.00 Å². The highest BCUT2D eigenvalue weighted by molar-refractivity contribution is 7.13. The quantitative estimate of drug-likeness (QED) is 0.658. The first-order chi connectivity index (χ1) is 8.56. The van der Waals surface area contributed by atoms with E-state index in [1.165, 1.54) is 11.3 Å². The number of nitro groups is 1. The summed E-state index contributed by atoms with van der Waals surface area (Å²) in [5.74, 6) is 0.351. The summed E-state index contributed by atoms with van der Waals surface area (Å²) in [5.41, 5.74) is 0.974. The van der Waals surface area contributed by atoms with Crippen molar-refractivity contribution in [2.75, 3.05) is 13.6 Å². The summed E-state index contributed by atoms with van der Waals surface area (Å²) >= 11 is 1.17. The highest BCUT2D eigenvalue weighted by Crippen LogP contribution is 2.27. The van der Waals surface area contributed by atoms with E-state index in [4.69, 9.17) is 0 Å². The van der Waals surface area contributed by atoms with Crippen LogP contribution in [0.15, 0.2) is 11.4 Å². The molecule has 1 aromatic rings. The van der Waals surface area contributed by atoms with Crippen LogP contribution in [0.25, 0.3) is 0 Å². The Hall–Kier alpha value is -0.980. The third kappa shape index (κ3) is 3.28. The predicted molar refractivity (Wildman–Crippen MR) is 70.7 cm³/mol. The van der Waals surface area contributed by atoms with Gasteiger partial charge < -0.3 is 10.0 Å². The van der Waals surface area contributed by atoms with Crippen molar-refractivity contribution < 1.29 is 10.0 Å². The lowest BCUT2D eigenvalue weighted by molar-refractivity contribution is -0.380. The molecule has 2 rings (SSSR count). The van der Waals surface area contributed by atoms with E-state index in [1.54, 1.807) is 6.07 Å². The molecule has 2 unspecified atom stereocenters. The molecule has 1 aromatic heterocycles. The lowest BCUT2D eigenvalue weighted by Gasteiger charge is -2.22.